The number of rotatable bonds is 3. The summed E-state index contributed by atoms with van der Waals surface area (Å²) in [7, 11) is 0. The van der Waals surface area contributed by atoms with Crippen LogP contribution in [0.25, 0.3) is 0 Å². The first kappa shape index (κ1) is 13.9. The van der Waals surface area contributed by atoms with Gasteiger partial charge < -0.3 is 9.84 Å². The second-order valence-electron chi connectivity index (χ2n) is 3.70. The van der Waals surface area contributed by atoms with Crippen LogP contribution in [0.4, 0.5) is 24.5 Å². The molecule has 104 valence electrons. The maximum absolute atomic E-state index is 12.2. The molecule has 2 aromatic rings. The summed E-state index contributed by atoms with van der Waals surface area (Å²) in [5, 5.41) is 16.8. The molecule has 0 heterocycles. The average Bonchev–Trinajstić information content (AvgIpc) is 2.37. The van der Waals surface area contributed by atoms with Crippen LogP contribution in [0.3, 0.4) is 0 Å². The molecule has 0 aliphatic heterocycles. The van der Waals surface area contributed by atoms with Crippen molar-refractivity contribution in [2.75, 3.05) is 0 Å². The molecule has 0 fully saturated rings. The summed E-state index contributed by atoms with van der Waals surface area (Å²) in [4.78, 5) is 0. The zero-order valence-electron chi connectivity index (χ0n) is 10.0. The maximum Gasteiger partial charge on any atom is 0.573 e. The molecule has 1 N–H and O–H groups in total. The fourth-order valence-corrected chi connectivity index (χ4v) is 1.41. The number of nitrogens with zero attached hydrogens (tertiary/aromatic N) is 2. The van der Waals surface area contributed by atoms with Crippen molar-refractivity contribution in [3.8, 4) is 11.5 Å². The van der Waals surface area contributed by atoms with Crippen molar-refractivity contribution in [2.24, 2.45) is 10.2 Å². The van der Waals surface area contributed by atoms with Crippen molar-refractivity contribution in [1.29, 1.82) is 0 Å². The lowest BCUT2D eigenvalue weighted by Gasteiger charge is -2.09. The lowest BCUT2D eigenvalue weighted by atomic mass is 10.3. The third-order valence-corrected chi connectivity index (χ3v) is 2.24. The van der Waals surface area contributed by atoms with Crippen molar-refractivity contribution < 1.29 is 23.0 Å². The number of phenols is 1. The maximum atomic E-state index is 12.2. The van der Waals surface area contributed by atoms with E-state index in [0.717, 1.165) is 6.07 Å². The summed E-state index contributed by atoms with van der Waals surface area (Å²) in [6.07, 6.45) is -4.81. The molecule has 0 saturated heterocycles. The number of hydrogen-bond acceptors (Lipinski definition) is 4. The van der Waals surface area contributed by atoms with Gasteiger partial charge in [-0.05, 0) is 24.3 Å². The SMILES string of the molecule is Oc1ccccc1N=Nc1ccccc1OC(F)(F)F. The summed E-state index contributed by atoms with van der Waals surface area (Å²) >= 11 is 0. The molecule has 0 amide bonds. The summed E-state index contributed by atoms with van der Waals surface area (Å²) in [6, 6.07) is 11.4. The molecule has 7 heteroatoms. The number of benzene rings is 2. The molecule has 0 bridgehead atoms. The van der Waals surface area contributed by atoms with Crippen molar-refractivity contribution in [3.05, 3.63) is 48.5 Å². The number of aromatic hydroxyl groups is 1. The van der Waals surface area contributed by atoms with Gasteiger partial charge in [0.1, 0.15) is 17.1 Å². The standard InChI is InChI=1S/C13H9F3N2O2/c14-13(15,16)20-12-8-4-2-6-10(12)18-17-9-5-1-3-7-11(9)19/h1-8,19H. The minimum atomic E-state index is -4.81. The van der Waals surface area contributed by atoms with Gasteiger partial charge >= 0.3 is 6.36 Å². The number of para-hydroxylation sites is 2. The largest absolute Gasteiger partial charge is 0.573 e. The monoisotopic (exact) mass is 282 g/mol. The number of halogens is 3. The third kappa shape index (κ3) is 3.71. The van der Waals surface area contributed by atoms with Gasteiger partial charge in [0.05, 0.1) is 0 Å². The molecule has 0 atom stereocenters. The molecule has 0 unspecified atom stereocenters. The number of ether oxygens (including phenoxy) is 1. The Morgan fingerprint density at radius 2 is 1.40 bits per heavy atom. The van der Waals surface area contributed by atoms with E-state index in [1.165, 1.54) is 30.3 Å². The molecular weight excluding hydrogens is 273 g/mol. The Kier molecular flexibility index (Phi) is 3.88. The summed E-state index contributed by atoms with van der Waals surface area (Å²) in [5.74, 6) is -0.579. The van der Waals surface area contributed by atoms with E-state index in [-0.39, 0.29) is 17.1 Å². The van der Waals surface area contributed by atoms with E-state index in [2.05, 4.69) is 15.0 Å². The van der Waals surface area contributed by atoms with Gasteiger partial charge in [0, 0.05) is 0 Å². The van der Waals surface area contributed by atoms with E-state index in [9.17, 15) is 18.3 Å². The number of hydrogen-bond donors (Lipinski definition) is 1. The van der Waals surface area contributed by atoms with Gasteiger partial charge in [0.15, 0.2) is 5.75 Å². The van der Waals surface area contributed by atoms with Crippen LogP contribution in [0, 0.1) is 0 Å². The molecule has 0 radical (unpaired) electrons. The van der Waals surface area contributed by atoms with Crippen LogP contribution < -0.4 is 4.74 Å². The van der Waals surface area contributed by atoms with Gasteiger partial charge in [-0.15, -0.1) is 23.4 Å². The van der Waals surface area contributed by atoms with Crippen LogP contribution >= 0.6 is 0 Å². The molecule has 0 saturated carbocycles. The van der Waals surface area contributed by atoms with Gasteiger partial charge in [-0.2, -0.15) is 0 Å². The molecule has 2 rings (SSSR count). The highest BCUT2D eigenvalue weighted by Gasteiger charge is 2.32. The second kappa shape index (κ2) is 5.60. The number of alkyl halides is 3. The van der Waals surface area contributed by atoms with Crippen LogP contribution in [-0.2, 0) is 0 Å². The summed E-state index contributed by atoms with van der Waals surface area (Å²) in [5.41, 5.74) is 0.0578. The zero-order chi connectivity index (χ0) is 14.6. The van der Waals surface area contributed by atoms with Crippen LogP contribution in [0.15, 0.2) is 58.8 Å². The fraction of sp³-hybridized carbons (Fsp3) is 0.0769. The quantitative estimate of drug-likeness (QED) is 0.829. The highest BCUT2D eigenvalue weighted by atomic mass is 19.4. The van der Waals surface area contributed by atoms with E-state index in [1.807, 2.05) is 0 Å². The smallest absolute Gasteiger partial charge is 0.506 e. The Labute approximate surface area is 112 Å². The van der Waals surface area contributed by atoms with E-state index in [1.54, 1.807) is 12.1 Å². The van der Waals surface area contributed by atoms with Crippen molar-refractivity contribution in [1.82, 2.24) is 0 Å². The van der Waals surface area contributed by atoms with E-state index in [0.29, 0.717) is 0 Å². The van der Waals surface area contributed by atoms with Crippen molar-refractivity contribution in [3.63, 3.8) is 0 Å². The summed E-state index contributed by atoms with van der Waals surface area (Å²) in [6.45, 7) is 0. The Bertz CT molecular complexity index is 627. The van der Waals surface area contributed by atoms with Gasteiger partial charge in [0.25, 0.3) is 0 Å². The normalized spacial score (nSPS) is 11.8. The Balaban J connectivity index is 2.28. The molecule has 0 aromatic heterocycles. The number of azo groups is 1. The highest BCUT2D eigenvalue weighted by molar-refractivity contribution is 5.53. The lowest BCUT2D eigenvalue weighted by molar-refractivity contribution is -0.274. The first-order chi connectivity index (χ1) is 9.46. The third-order valence-electron chi connectivity index (χ3n) is 2.24. The molecule has 20 heavy (non-hydrogen) atoms. The minimum Gasteiger partial charge on any atom is -0.506 e. The van der Waals surface area contributed by atoms with Crippen molar-refractivity contribution in [2.45, 2.75) is 6.36 Å². The van der Waals surface area contributed by atoms with Crippen LogP contribution in [0.5, 0.6) is 11.5 Å². The molecule has 0 aliphatic carbocycles. The van der Waals surface area contributed by atoms with E-state index in [4.69, 9.17) is 0 Å². The summed E-state index contributed by atoms with van der Waals surface area (Å²) < 4.78 is 40.5. The van der Waals surface area contributed by atoms with E-state index < -0.39 is 12.1 Å². The highest BCUT2D eigenvalue weighted by Crippen LogP contribution is 2.34. The minimum absolute atomic E-state index is 0.0897. The van der Waals surface area contributed by atoms with Crippen LogP contribution in [0.1, 0.15) is 0 Å². The predicted octanol–water partition coefficient (Wildman–Crippen LogP) is 4.71. The second-order valence-corrected chi connectivity index (χ2v) is 3.70. The van der Waals surface area contributed by atoms with Gasteiger partial charge in [-0.25, -0.2) is 0 Å². The zero-order valence-corrected chi connectivity index (χ0v) is 10.0. The molecule has 4 nitrogen and oxygen atoms in total. The van der Waals surface area contributed by atoms with Gasteiger partial charge in [0.2, 0.25) is 0 Å². The molecular formula is C13H9F3N2O2. The molecule has 0 spiro atoms. The van der Waals surface area contributed by atoms with E-state index >= 15 is 0 Å². The Hall–Kier alpha value is -2.57. The molecule has 0 aliphatic rings. The first-order valence-corrected chi connectivity index (χ1v) is 5.50. The Morgan fingerprint density at radius 1 is 0.850 bits per heavy atom. The van der Waals surface area contributed by atoms with Gasteiger partial charge in [-0.3, -0.25) is 0 Å². The average molecular weight is 282 g/mol. The lowest BCUT2D eigenvalue weighted by Crippen LogP contribution is -2.17. The van der Waals surface area contributed by atoms with Crippen LogP contribution in [-0.4, -0.2) is 11.5 Å². The van der Waals surface area contributed by atoms with Gasteiger partial charge in [-0.1, -0.05) is 24.3 Å². The van der Waals surface area contributed by atoms with Crippen molar-refractivity contribution >= 4 is 11.4 Å². The number of phenolic OH excluding ortho intramolecular Hbond substituents is 1. The Morgan fingerprint density at radius 3 is 2.05 bits per heavy atom. The first-order valence-electron chi connectivity index (χ1n) is 5.50. The topological polar surface area (TPSA) is 54.2 Å². The predicted molar refractivity (Wildman–Crippen MR) is 65.4 cm³/mol. The van der Waals surface area contributed by atoms with Crippen LogP contribution in [0.2, 0.25) is 0 Å². The fourth-order valence-electron chi connectivity index (χ4n) is 1.41. The molecule has 2 aromatic carbocycles.